The number of hydrogen-bond acceptors (Lipinski definition) is 2. The maximum Gasteiger partial charge on any atom is 0.174 e. The van der Waals surface area contributed by atoms with Crippen LogP contribution in [0.5, 0.6) is 0 Å². The number of unbranched alkanes of at least 4 members (excludes halogenated alkanes) is 2. The SMILES string of the molecule is CC=CC(C)C1(CCCCC)OCCCO1. The molecule has 0 bridgehead atoms. The van der Waals surface area contributed by atoms with E-state index < -0.39 is 0 Å². The van der Waals surface area contributed by atoms with Crippen molar-refractivity contribution in [2.75, 3.05) is 13.2 Å². The summed E-state index contributed by atoms with van der Waals surface area (Å²) in [6.07, 6.45) is 10.0. The summed E-state index contributed by atoms with van der Waals surface area (Å²) in [7, 11) is 0. The van der Waals surface area contributed by atoms with Gasteiger partial charge in [-0.25, -0.2) is 0 Å². The highest BCUT2D eigenvalue weighted by atomic mass is 16.7. The van der Waals surface area contributed by atoms with Crippen LogP contribution in [0.3, 0.4) is 0 Å². The lowest BCUT2D eigenvalue weighted by molar-refractivity contribution is -0.287. The molecule has 0 aromatic carbocycles. The van der Waals surface area contributed by atoms with Gasteiger partial charge in [0.15, 0.2) is 5.79 Å². The van der Waals surface area contributed by atoms with Crippen molar-refractivity contribution in [2.24, 2.45) is 5.92 Å². The van der Waals surface area contributed by atoms with Crippen molar-refractivity contribution in [2.45, 2.75) is 58.7 Å². The van der Waals surface area contributed by atoms with E-state index in [1.807, 2.05) is 0 Å². The second-order valence-corrected chi connectivity index (χ2v) is 4.63. The number of rotatable bonds is 6. The molecule has 16 heavy (non-hydrogen) atoms. The molecule has 0 radical (unpaired) electrons. The topological polar surface area (TPSA) is 18.5 Å². The van der Waals surface area contributed by atoms with Crippen LogP contribution in [0.25, 0.3) is 0 Å². The molecule has 0 aromatic heterocycles. The van der Waals surface area contributed by atoms with E-state index in [0.717, 1.165) is 26.1 Å². The van der Waals surface area contributed by atoms with Crippen LogP contribution in [0.1, 0.15) is 52.9 Å². The summed E-state index contributed by atoms with van der Waals surface area (Å²) < 4.78 is 11.9. The zero-order chi connectivity index (χ0) is 11.9. The Kier molecular flexibility index (Phi) is 6.07. The molecule has 2 nitrogen and oxygen atoms in total. The Morgan fingerprint density at radius 2 is 1.94 bits per heavy atom. The van der Waals surface area contributed by atoms with Crippen LogP contribution in [0.4, 0.5) is 0 Å². The molecule has 0 N–H and O–H groups in total. The van der Waals surface area contributed by atoms with Crippen LogP contribution >= 0.6 is 0 Å². The molecule has 0 spiro atoms. The van der Waals surface area contributed by atoms with Gasteiger partial charge in [0.25, 0.3) is 0 Å². The van der Waals surface area contributed by atoms with Crippen LogP contribution in [0, 0.1) is 5.92 Å². The molecular weight excluding hydrogens is 200 g/mol. The summed E-state index contributed by atoms with van der Waals surface area (Å²) in [6.45, 7) is 8.16. The summed E-state index contributed by atoms with van der Waals surface area (Å²) in [5, 5.41) is 0. The molecule has 1 unspecified atom stereocenters. The van der Waals surface area contributed by atoms with Crippen molar-refractivity contribution in [3.63, 3.8) is 0 Å². The summed E-state index contributed by atoms with van der Waals surface area (Å²) >= 11 is 0. The quantitative estimate of drug-likeness (QED) is 0.505. The highest BCUT2D eigenvalue weighted by molar-refractivity contribution is 4.93. The predicted octanol–water partition coefficient (Wildman–Crippen LogP) is 3.91. The van der Waals surface area contributed by atoms with Gasteiger partial charge < -0.3 is 9.47 Å². The standard InChI is InChI=1S/C14H26O2/c1-4-6-7-10-14(13(3)9-5-2)15-11-8-12-16-14/h5,9,13H,4,6-8,10-12H2,1-3H3. The van der Waals surface area contributed by atoms with Crippen molar-refractivity contribution < 1.29 is 9.47 Å². The first-order valence-corrected chi connectivity index (χ1v) is 6.66. The maximum absolute atomic E-state index is 5.95. The minimum atomic E-state index is -0.347. The van der Waals surface area contributed by atoms with Crippen molar-refractivity contribution in [3.8, 4) is 0 Å². The van der Waals surface area contributed by atoms with E-state index >= 15 is 0 Å². The van der Waals surface area contributed by atoms with Crippen LogP contribution in [0.2, 0.25) is 0 Å². The summed E-state index contributed by atoms with van der Waals surface area (Å²) in [5.41, 5.74) is 0. The molecular formula is C14H26O2. The third-order valence-electron chi connectivity index (χ3n) is 3.29. The van der Waals surface area contributed by atoms with E-state index in [9.17, 15) is 0 Å². The van der Waals surface area contributed by atoms with Gasteiger partial charge in [0.1, 0.15) is 0 Å². The molecule has 1 atom stereocenters. The van der Waals surface area contributed by atoms with E-state index in [1.54, 1.807) is 0 Å². The van der Waals surface area contributed by atoms with E-state index in [1.165, 1.54) is 19.3 Å². The largest absolute Gasteiger partial charge is 0.349 e. The van der Waals surface area contributed by atoms with Crippen LogP contribution in [0.15, 0.2) is 12.2 Å². The predicted molar refractivity (Wildman–Crippen MR) is 67.4 cm³/mol. The third kappa shape index (κ3) is 3.60. The van der Waals surface area contributed by atoms with E-state index in [4.69, 9.17) is 9.47 Å². The van der Waals surface area contributed by atoms with E-state index in [0.29, 0.717) is 5.92 Å². The molecule has 1 heterocycles. The van der Waals surface area contributed by atoms with Gasteiger partial charge in [-0.15, -0.1) is 0 Å². The Morgan fingerprint density at radius 3 is 2.50 bits per heavy atom. The number of allylic oxidation sites excluding steroid dienone is 1. The first-order chi connectivity index (χ1) is 7.75. The average molecular weight is 226 g/mol. The van der Waals surface area contributed by atoms with E-state index in [2.05, 4.69) is 32.9 Å². The lowest BCUT2D eigenvalue weighted by atomic mass is 9.93. The maximum atomic E-state index is 5.95. The molecule has 1 rings (SSSR count). The van der Waals surface area contributed by atoms with Crippen LogP contribution < -0.4 is 0 Å². The highest BCUT2D eigenvalue weighted by Gasteiger charge is 2.38. The molecule has 0 aromatic rings. The Labute approximate surface area is 100 Å². The second kappa shape index (κ2) is 7.08. The summed E-state index contributed by atoms with van der Waals surface area (Å²) in [6, 6.07) is 0. The van der Waals surface area contributed by atoms with Gasteiger partial charge in [0, 0.05) is 12.3 Å². The molecule has 1 fully saturated rings. The van der Waals surface area contributed by atoms with Gasteiger partial charge in [0.2, 0.25) is 0 Å². The first-order valence-electron chi connectivity index (χ1n) is 6.66. The lowest BCUT2D eigenvalue weighted by Gasteiger charge is -2.41. The molecule has 0 aliphatic carbocycles. The molecule has 0 saturated carbocycles. The fourth-order valence-corrected chi connectivity index (χ4v) is 2.28. The Bertz CT molecular complexity index is 205. The fraction of sp³-hybridized carbons (Fsp3) is 0.857. The van der Waals surface area contributed by atoms with Gasteiger partial charge in [-0.2, -0.15) is 0 Å². The van der Waals surface area contributed by atoms with Crippen molar-refractivity contribution in [3.05, 3.63) is 12.2 Å². The summed E-state index contributed by atoms with van der Waals surface area (Å²) in [4.78, 5) is 0. The molecule has 2 heteroatoms. The zero-order valence-electron chi connectivity index (χ0n) is 11.0. The third-order valence-corrected chi connectivity index (χ3v) is 3.29. The number of ether oxygens (including phenoxy) is 2. The van der Waals surface area contributed by atoms with Crippen LogP contribution in [-0.2, 0) is 9.47 Å². The Morgan fingerprint density at radius 1 is 1.25 bits per heavy atom. The minimum absolute atomic E-state index is 0.342. The average Bonchev–Trinajstić information content (AvgIpc) is 2.31. The van der Waals surface area contributed by atoms with E-state index in [-0.39, 0.29) is 5.79 Å². The highest BCUT2D eigenvalue weighted by Crippen LogP contribution is 2.33. The normalized spacial score (nSPS) is 22.4. The zero-order valence-corrected chi connectivity index (χ0v) is 11.0. The van der Waals surface area contributed by atoms with Crippen LogP contribution in [-0.4, -0.2) is 19.0 Å². The molecule has 1 aliphatic heterocycles. The molecule has 1 saturated heterocycles. The smallest absolute Gasteiger partial charge is 0.174 e. The second-order valence-electron chi connectivity index (χ2n) is 4.63. The van der Waals surface area contributed by atoms with Gasteiger partial charge in [-0.1, -0.05) is 38.8 Å². The fourth-order valence-electron chi connectivity index (χ4n) is 2.28. The molecule has 94 valence electrons. The number of hydrogen-bond donors (Lipinski definition) is 0. The summed E-state index contributed by atoms with van der Waals surface area (Å²) in [5.74, 6) is -0.00502. The van der Waals surface area contributed by atoms with Gasteiger partial charge in [0.05, 0.1) is 13.2 Å². The Hall–Kier alpha value is -0.340. The minimum Gasteiger partial charge on any atom is -0.349 e. The molecule has 0 amide bonds. The molecule has 1 aliphatic rings. The van der Waals surface area contributed by atoms with Crippen molar-refractivity contribution in [1.82, 2.24) is 0 Å². The van der Waals surface area contributed by atoms with Gasteiger partial charge in [-0.3, -0.25) is 0 Å². The first kappa shape index (κ1) is 13.7. The van der Waals surface area contributed by atoms with Crippen molar-refractivity contribution >= 4 is 0 Å². The van der Waals surface area contributed by atoms with Crippen molar-refractivity contribution in [1.29, 1.82) is 0 Å². The van der Waals surface area contributed by atoms with Gasteiger partial charge >= 0.3 is 0 Å². The van der Waals surface area contributed by atoms with Gasteiger partial charge in [-0.05, 0) is 19.8 Å². The Balaban J connectivity index is 2.59. The monoisotopic (exact) mass is 226 g/mol. The lowest BCUT2D eigenvalue weighted by Crippen LogP contribution is -2.45.